The van der Waals surface area contributed by atoms with Crippen LogP contribution in [0.4, 0.5) is 4.79 Å². The molecule has 0 spiro atoms. The van der Waals surface area contributed by atoms with E-state index in [1.165, 1.54) is 10.5 Å². The van der Waals surface area contributed by atoms with Crippen molar-refractivity contribution in [1.82, 2.24) is 9.80 Å². The zero-order valence-corrected chi connectivity index (χ0v) is 11.6. The monoisotopic (exact) mass is 278 g/mol. The first-order valence-corrected chi connectivity index (χ1v) is 7.07. The molecule has 20 heavy (non-hydrogen) atoms. The van der Waals surface area contributed by atoms with Crippen molar-refractivity contribution in [2.24, 2.45) is 0 Å². The first-order chi connectivity index (χ1) is 9.70. The Labute approximate surface area is 119 Å². The second-order valence-corrected chi connectivity index (χ2v) is 5.22. The quantitative estimate of drug-likeness (QED) is 0.878. The molecule has 2 rings (SSSR count). The summed E-state index contributed by atoms with van der Waals surface area (Å²) in [6.45, 7) is 2.97. The van der Waals surface area contributed by atoms with Gasteiger partial charge in [0.15, 0.2) is 0 Å². The molecule has 1 heterocycles. The van der Waals surface area contributed by atoms with E-state index in [9.17, 15) is 9.90 Å². The SMILES string of the molecule is O=C(O)N1CCCN(Cc2ccccc2)C[C@H]1CCO. The highest BCUT2D eigenvalue weighted by atomic mass is 16.4. The van der Waals surface area contributed by atoms with Crippen molar-refractivity contribution in [3.8, 4) is 0 Å². The lowest BCUT2D eigenvalue weighted by Crippen LogP contribution is -2.44. The van der Waals surface area contributed by atoms with Gasteiger partial charge >= 0.3 is 6.09 Å². The summed E-state index contributed by atoms with van der Waals surface area (Å²) in [4.78, 5) is 15.0. The van der Waals surface area contributed by atoms with Crippen LogP contribution < -0.4 is 0 Å². The van der Waals surface area contributed by atoms with Crippen molar-refractivity contribution in [3.05, 3.63) is 35.9 Å². The van der Waals surface area contributed by atoms with Crippen LogP contribution in [0.1, 0.15) is 18.4 Å². The Hall–Kier alpha value is -1.59. The van der Waals surface area contributed by atoms with Gasteiger partial charge in [-0.25, -0.2) is 4.79 Å². The van der Waals surface area contributed by atoms with Crippen molar-refractivity contribution in [1.29, 1.82) is 0 Å². The normalized spacial score (nSPS) is 20.6. The molecule has 1 amide bonds. The molecule has 2 N–H and O–H groups in total. The lowest BCUT2D eigenvalue weighted by atomic mass is 10.1. The molecule has 5 nitrogen and oxygen atoms in total. The average Bonchev–Trinajstić information content (AvgIpc) is 2.63. The molecular formula is C15H22N2O3. The van der Waals surface area contributed by atoms with E-state index in [0.717, 1.165) is 19.5 Å². The number of amides is 1. The van der Waals surface area contributed by atoms with Gasteiger partial charge in [-0.3, -0.25) is 4.90 Å². The molecule has 0 saturated carbocycles. The second-order valence-electron chi connectivity index (χ2n) is 5.22. The molecule has 1 aliphatic heterocycles. The number of aliphatic hydroxyl groups is 1. The van der Waals surface area contributed by atoms with Gasteiger partial charge in [0, 0.05) is 38.8 Å². The Morgan fingerprint density at radius 1 is 1.25 bits per heavy atom. The van der Waals surface area contributed by atoms with Crippen LogP contribution in [-0.4, -0.2) is 58.4 Å². The van der Waals surface area contributed by atoms with Crippen LogP contribution in [0.15, 0.2) is 30.3 Å². The van der Waals surface area contributed by atoms with Crippen LogP contribution in [-0.2, 0) is 6.54 Å². The predicted octanol–water partition coefficient (Wildman–Crippen LogP) is 1.62. The van der Waals surface area contributed by atoms with E-state index in [1.807, 2.05) is 18.2 Å². The Kier molecular flexibility index (Phi) is 5.38. The number of rotatable bonds is 4. The Morgan fingerprint density at radius 2 is 2.00 bits per heavy atom. The van der Waals surface area contributed by atoms with Crippen LogP contribution in [0.25, 0.3) is 0 Å². The first-order valence-electron chi connectivity index (χ1n) is 7.07. The van der Waals surface area contributed by atoms with Gasteiger partial charge in [0.05, 0.1) is 0 Å². The summed E-state index contributed by atoms with van der Waals surface area (Å²) in [6, 6.07) is 10.1. The van der Waals surface area contributed by atoms with Crippen molar-refractivity contribution >= 4 is 6.09 Å². The summed E-state index contributed by atoms with van der Waals surface area (Å²) < 4.78 is 0. The van der Waals surface area contributed by atoms with Gasteiger partial charge in [-0.05, 0) is 18.4 Å². The Bertz CT molecular complexity index is 424. The fraction of sp³-hybridized carbons (Fsp3) is 0.533. The lowest BCUT2D eigenvalue weighted by Gasteiger charge is -2.29. The fourth-order valence-corrected chi connectivity index (χ4v) is 2.77. The summed E-state index contributed by atoms with van der Waals surface area (Å²) in [6.07, 6.45) is 0.448. The maximum absolute atomic E-state index is 11.3. The van der Waals surface area contributed by atoms with Crippen LogP contribution in [0.2, 0.25) is 0 Å². The van der Waals surface area contributed by atoms with E-state index in [-0.39, 0.29) is 12.6 Å². The average molecular weight is 278 g/mol. The van der Waals surface area contributed by atoms with Crippen LogP contribution in [0.5, 0.6) is 0 Å². The summed E-state index contributed by atoms with van der Waals surface area (Å²) >= 11 is 0. The first kappa shape index (κ1) is 14.8. The molecule has 1 aromatic carbocycles. The third kappa shape index (κ3) is 3.95. The Balaban J connectivity index is 2.03. The number of benzene rings is 1. The smallest absolute Gasteiger partial charge is 0.407 e. The molecule has 5 heteroatoms. The van der Waals surface area contributed by atoms with Gasteiger partial charge in [0.2, 0.25) is 0 Å². The number of aliphatic hydroxyl groups excluding tert-OH is 1. The van der Waals surface area contributed by atoms with Crippen LogP contribution >= 0.6 is 0 Å². The van der Waals surface area contributed by atoms with Gasteiger partial charge in [-0.2, -0.15) is 0 Å². The molecule has 0 aromatic heterocycles. The van der Waals surface area contributed by atoms with Gasteiger partial charge in [-0.1, -0.05) is 30.3 Å². The zero-order chi connectivity index (χ0) is 14.4. The molecule has 0 bridgehead atoms. The van der Waals surface area contributed by atoms with Gasteiger partial charge < -0.3 is 15.1 Å². The minimum atomic E-state index is -0.884. The van der Waals surface area contributed by atoms with Crippen LogP contribution in [0.3, 0.4) is 0 Å². The minimum absolute atomic E-state index is 0.0215. The standard InChI is InChI=1S/C15H22N2O3/c18-10-7-14-12-16(8-4-9-17(14)15(19)20)11-13-5-2-1-3-6-13/h1-3,5-6,14,18H,4,7-12H2,(H,19,20)/t14-/m1/s1. The summed E-state index contributed by atoms with van der Waals surface area (Å²) in [5.74, 6) is 0. The second kappa shape index (κ2) is 7.26. The third-order valence-corrected chi connectivity index (χ3v) is 3.74. The van der Waals surface area contributed by atoms with E-state index in [1.54, 1.807) is 0 Å². The number of hydrogen-bond acceptors (Lipinski definition) is 3. The van der Waals surface area contributed by atoms with E-state index in [4.69, 9.17) is 5.11 Å². The molecular weight excluding hydrogens is 256 g/mol. The predicted molar refractivity (Wildman–Crippen MR) is 76.6 cm³/mol. The molecule has 0 aliphatic carbocycles. The topological polar surface area (TPSA) is 64.0 Å². The highest BCUT2D eigenvalue weighted by Gasteiger charge is 2.27. The molecule has 1 aliphatic rings. The maximum Gasteiger partial charge on any atom is 0.407 e. The zero-order valence-electron chi connectivity index (χ0n) is 11.6. The molecule has 0 unspecified atom stereocenters. The Morgan fingerprint density at radius 3 is 2.65 bits per heavy atom. The van der Waals surface area contributed by atoms with Crippen LogP contribution in [0, 0.1) is 0 Å². The van der Waals surface area contributed by atoms with Gasteiger partial charge in [-0.15, -0.1) is 0 Å². The summed E-state index contributed by atoms with van der Waals surface area (Å²) in [5, 5.41) is 18.4. The number of hydrogen-bond donors (Lipinski definition) is 2. The summed E-state index contributed by atoms with van der Waals surface area (Å²) in [5.41, 5.74) is 1.24. The molecule has 1 saturated heterocycles. The fourth-order valence-electron chi connectivity index (χ4n) is 2.77. The molecule has 1 aromatic rings. The van der Waals surface area contributed by atoms with E-state index < -0.39 is 6.09 Å². The van der Waals surface area contributed by atoms with Crippen molar-refractivity contribution < 1.29 is 15.0 Å². The van der Waals surface area contributed by atoms with E-state index in [0.29, 0.717) is 19.5 Å². The largest absolute Gasteiger partial charge is 0.465 e. The van der Waals surface area contributed by atoms with Crippen molar-refractivity contribution in [2.75, 3.05) is 26.2 Å². The maximum atomic E-state index is 11.3. The number of carbonyl (C=O) groups is 1. The molecule has 1 atom stereocenters. The van der Waals surface area contributed by atoms with Gasteiger partial charge in [0.25, 0.3) is 0 Å². The van der Waals surface area contributed by atoms with E-state index in [2.05, 4.69) is 17.0 Å². The molecule has 0 radical (unpaired) electrons. The third-order valence-electron chi connectivity index (χ3n) is 3.74. The number of carboxylic acid groups (broad SMARTS) is 1. The highest BCUT2D eigenvalue weighted by molar-refractivity contribution is 5.65. The summed E-state index contributed by atoms with van der Waals surface area (Å²) in [7, 11) is 0. The van der Waals surface area contributed by atoms with Crippen molar-refractivity contribution in [2.45, 2.75) is 25.4 Å². The van der Waals surface area contributed by atoms with E-state index >= 15 is 0 Å². The molecule has 110 valence electrons. The minimum Gasteiger partial charge on any atom is -0.465 e. The van der Waals surface area contributed by atoms with Gasteiger partial charge in [0.1, 0.15) is 0 Å². The van der Waals surface area contributed by atoms with Crippen molar-refractivity contribution in [3.63, 3.8) is 0 Å². The lowest BCUT2D eigenvalue weighted by molar-refractivity contribution is 0.109. The molecule has 1 fully saturated rings. The number of nitrogens with zero attached hydrogens (tertiary/aromatic N) is 2. The highest BCUT2D eigenvalue weighted by Crippen LogP contribution is 2.15.